The number of hydrogen-bond donors (Lipinski definition) is 2. The van der Waals surface area contributed by atoms with Crippen LogP contribution in [0, 0.1) is 13.8 Å². The molecule has 5 rings (SSSR count). The Morgan fingerprint density at radius 2 is 1.54 bits per heavy atom. The zero-order valence-corrected chi connectivity index (χ0v) is 21.2. The Bertz CT molecular complexity index is 1280. The van der Waals surface area contributed by atoms with Gasteiger partial charge in [0.25, 0.3) is 5.91 Å². The standard InChI is InChI=1S/C30H32N2O5/c1-19-15-20(2)17-24(16-19)32(30(35)22-9-12-26-27(18-22)37-14-13-36-26)28(21-7-10-25(33)11-8-21)29(34)31-23-5-3-4-6-23/h7-12,15-18,23,28,33H,3-6,13-14H2,1-2H3,(H,31,34)/t28-/m0/s1. The minimum atomic E-state index is -0.942. The number of phenols is 1. The van der Waals surface area contributed by atoms with E-state index < -0.39 is 6.04 Å². The van der Waals surface area contributed by atoms with Crippen molar-refractivity contribution in [2.45, 2.75) is 51.6 Å². The molecule has 0 radical (unpaired) electrons. The van der Waals surface area contributed by atoms with Crippen molar-refractivity contribution in [3.05, 3.63) is 82.9 Å². The molecule has 0 aromatic heterocycles. The Labute approximate surface area is 217 Å². The van der Waals surface area contributed by atoms with Crippen molar-refractivity contribution >= 4 is 17.5 Å². The average molecular weight is 501 g/mol. The summed E-state index contributed by atoms with van der Waals surface area (Å²) in [5.74, 6) is 0.614. The van der Waals surface area contributed by atoms with Crippen LogP contribution < -0.4 is 19.7 Å². The van der Waals surface area contributed by atoms with Crippen LogP contribution in [0.4, 0.5) is 5.69 Å². The first kappa shape index (κ1) is 24.7. The molecule has 1 atom stereocenters. The van der Waals surface area contributed by atoms with Crippen LogP contribution in [0.1, 0.15) is 58.8 Å². The highest BCUT2D eigenvalue weighted by atomic mass is 16.6. The van der Waals surface area contributed by atoms with Crippen LogP contribution in [0.2, 0.25) is 0 Å². The molecule has 1 heterocycles. The van der Waals surface area contributed by atoms with E-state index in [0.717, 1.165) is 36.8 Å². The first-order valence-electron chi connectivity index (χ1n) is 12.8. The van der Waals surface area contributed by atoms with Gasteiger partial charge in [-0.15, -0.1) is 0 Å². The summed E-state index contributed by atoms with van der Waals surface area (Å²) in [6.45, 7) is 4.80. The van der Waals surface area contributed by atoms with Crippen LogP contribution in [0.25, 0.3) is 0 Å². The number of aromatic hydroxyl groups is 1. The first-order valence-corrected chi connectivity index (χ1v) is 12.8. The molecule has 0 unspecified atom stereocenters. The third-order valence-corrected chi connectivity index (χ3v) is 6.91. The van der Waals surface area contributed by atoms with Gasteiger partial charge in [-0.1, -0.05) is 31.0 Å². The molecule has 7 heteroatoms. The summed E-state index contributed by atoms with van der Waals surface area (Å²) >= 11 is 0. The number of fused-ring (bicyclic) bond motifs is 1. The fraction of sp³-hybridized carbons (Fsp3) is 0.333. The van der Waals surface area contributed by atoms with E-state index in [2.05, 4.69) is 5.32 Å². The van der Waals surface area contributed by atoms with E-state index in [0.29, 0.717) is 41.5 Å². The van der Waals surface area contributed by atoms with E-state index in [1.807, 2.05) is 32.0 Å². The van der Waals surface area contributed by atoms with Gasteiger partial charge in [-0.2, -0.15) is 0 Å². The monoisotopic (exact) mass is 500 g/mol. The Balaban J connectivity index is 1.62. The van der Waals surface area contributed by atoms with Crippen molar-refractivity contribution < 1.29 is 24.2 Å². The van der Waals surface area contributed by atoms with Gasteiger partial charge in [-0.05, 0) is 85.8 Å². The molecule has 3 aromatic carbocycles. The van der Waals surface area contributed by atoms with E-state index in [4.69, 9.17) is 9.47 Å². The lowest BCUT2D eigenvalue weighted by molar-refractivity contribution is -0.123. The van der Waals surface area contributed by atoms with Crippen LogP contribution in [0.5, 0.6) is 17.2 Å². The number of aryl methyl sites for hydroxylation is 2. The van der Waals surface area contributed by atoms with E-state index in [9.17, 15) is 14.7 Å². The van der Waals surface area contributed by atoms with Crippen molar-refractivity contribution in [3.63, 3.8) is 0 Å². The molecule has 1 aliphatic carbocycles. The van der Waals surface area contributed by atoms with Crippen molar-refractivity contribution in [2.24, 2.45) is 0 Å². The predicted octanol–water partition coefficient (Wildman–Crippen LogP) is 5.23. The number of benzene rings is 3. The minimum absolute atomic E-state index is 0.0811. The lowest BCUT2D eigenvalue weighted by Gasteiger charge is -2.33. The number of rotatable bonds is 6. The molecular formula is C30H32N2O5. The summed E-state index contributed by atoms with van der Waals surface area (Å²) in [5, 5.41) is 13.1. The predicted molar refractivity (Wildman–Crippen MR) is 141 cm³/mol. The van der Waals surface area contributed by atoms with Gasteiger partial charge >= 0.3 is 0 Å². The Hall–Kier alpha value is -4.00. The third kappa shape index (κ3) is 5.40. The quantitative estimate of drug-likeness (QED) is 0.484. The number of amides is 2. The number of carbonyl (C=O) groups excluding carboxylic acids is 2. The molecule has 1 saturated carbocycles. The third-order valence-electron chi connectivity index (χ3n) is 6.91. The average Bonchev–Trinajstić information content (AvgIpc) is 3.39. The second-order valence-corrected chi connectivity index (χ2v) is 9.86. The molecule has 0 bridgehead atoms. The van der Waals surface area contributed by atoms with Gasteiger partial charge in [-0.3, -0.25) is 14.5 Å². The minimum Gasteiger partial charge on any atom is -0.508 e. The number of nitrogens with one attached hydrogen (secondary N) is 1. The number of ether oxygens (including phenoxy) is 2. The fourth-order valence-corrected chi connectivity index (χ4v) is 5.21. The molecular weight excluding hydrogens is 468 g/mol. The summed E-state index contributed by atoms with van der Waals surface area (Å²) in [4.78, 5) is 29.8. The summed E-state index contributed by atoms with van der Waals surface area (Å²) < 4.78 is 11.4. The van der Waals surface area contributed by atoms with Crippen molar-refractivity contribution in [1.29, 1.82) is 0 Å². The Kier molecular flexibility index (Phi) is 7.04. The molecule has 2 aliphatic rings. The smallest absolute Gasteiger partial charge is 0.259 e. The normalized spacial score (nSPS) is 15.7. The molecule has 37 heavy (non-hydrogen) atoms. The van der Waals surface area contributed by atoms with E-state index in [1.54, 1.807) is 47.4 Å². The zero-order chi connectivity index (χ0) is 25.9. The van der Waals surface area contributed by atoms with E-state index >= 15 is 0 Å². The summed E-state index contributed by atoms with van der Waals surface area (Å²) in [5.41, 5.74) is 3.59. The number of carbonyl (C=O) groups is 2. The fourth-order valence-electron chi connectivity index (χ4n) is 5.21. The van der Waals surface area contributed by atoms with Crippen molar-refractivity contribution in [3.8, 4) is 17.2 Å². The SMILES string of the molecule is Cc1cc(C)cc(N(C(=O)c2ccc3c(c2)OCCO3)[C@H](C(=O)NC2CCCC2)c2ccc(O)cc2)c1. The number of nitrogens with zero attached hydrogens (tertiary/aromatic N) is 1. The van der Waals surface area contributed by atoms with Gasteiger partial charge < -0.3 is 19.9 Å². The molecule has 1 aliphatic heterocycles. The number of hydrogen-bond acceptors (Lipinski definition) is 5. The Morgan fingerprint density at radius 1 is 0.892 bits per heavy atom. The van der Waals surface area contributed by atoms with Crippen LogP contribution in [-0.2, 0) is 4.79 Å². The second kappa shape index (κ2) is 10.5. The topological polar surface area (TPSA) is 88.1 Å². The van der Waals surface area contributed by atoms with Gasteiger partial charge in [0.05, 0.1) is 0 Å². The molecule has 192 valence electrons. The Morgan fingerprint density at radius 3 is 2.22 bits per heavy atom. The highest BCUT2D eigenvalue weighted by Gasteiger charge is 2.35. The van der Waals surface area contributed by atoms with Crippen LogP contribution in [0.3, 0.4) is 0 Å². The zero-order valence-electron chi connectivity index (χ0n) is 21.2. The van der Waals surface area contributed by atoms with Crippen molar-refractivity contribution in [2.75, 3.05) is 18.1 Å². The summed E-state index contributed by atoms with van der Waals surface area (Å²) in [6, 6.07) is 16.6. The maximum Gasteiger partial charge on any atom is 0.259 e. The van der Waals surface area contributed by atoms with Gasteiger partial charge in [0, 0.05) is 17.3 Å². The van der Waals surface area contributed by atoms with E-state index in [1.165, 1.54) is 0 Å². The largest absolute Gasteiger partial charge is 0.508 e. The first-order chi connectivity index (χ1) is 17.9. The van der Waals surface area contributed by atoms with Gasteiger partial charge in [0.1, 0.15) is 25.0 Å². The van der Waals surface area contributed by atoms with Crippen LogP contribution >= 0.6 is 0 Å². The summed E-state index contributed by atoms with van der Waals surface area (Å²) in [7, 11) is 0. The summed E-state index contributed by atoms with van der Waals surface area (Å²) in [6.07, 6.45) is 4.00. The molecule has 2 amide bonds. The molecule has 7 nitrogen and oxygen atoms in total. The maximum atomic E-state index is 14.3. The number of anilines is 1. The van der Waals surface area contributed by atoms with Gasteiger partial charge in [0.2, 0.25) is 5.91 Å². The van der Waals surface area contributed by atoms with Gasteiger partial charge in [-0.25, -0.2) is 0 Å². The number of phenolic OH excluding ortho intramolecular Hbond substituents is 1. The maximum absolute atomic E-state index is 14.3. The molecule has 3 aromatic rings. The lowest BCUT2D eigenvalue weighted by Crippen LogP contribution is -2.46. The van der Waals surface area contributed by atoms with Crippen LogP contribution in [-0.4, -0.2) is 36.2 Å². The molecule has 0 spiro atoms. The van der Waals surface area contributed by atoms with Crippen LogP contribution in [0.15, 0.2) is 60.7 Å². The van der Waals surface area contributed by atoms with E-state index in [-0.39, 0.29) is 23.6 Å². The molecule has 1 fully saturated rings. The van der Waals surface area contributed by atoms with Gasteiger partial charge in [0.15, 0.2) is 11.5 Å². The highest BCUT2D eigenvalue weighted by Crippen LogP contribution is 2.35. The molecule has 0 saturated heterocycles. The second-order valence-electron chi connectivity index (χ2n) is 9.86. The highest BCUT2D eigenvalue weighted by molar-refractivity contribution is 6.10. The lowest BCUT2D eigenvalue weighted by atomic mass is 9.99. The molecule has 2 N–H and O–H groups in total. The van der Waals surface area contributed by atoms with Crippen molar-refractivity contribution in [1.82, 2.24) is 5.32 Å².